The fourth-order valence-electron chi connectivity index (χ4n) is 3.25. The molecular weight excluding hydrogens is 392 g/mol. The summed E-state index contributed by atoms with van der Waals surface area (Å²) >= 11 is 3.40. The van der Waals surface area contributed by atoms with Gasteiger partial charge in [-0.25, -0.2) is 0 Å². The second-order valence-corrected chi connectivity index (χ2v) is 7.73. The Labute approximate surface area is 162 Å². The van der Waals surface area contributed by atoms with E-state index in [0.29, 0.717) is 32.4 Å². The molecule has 2 amide bonds. The summed E-state index contributed by atoms with van der Waals surface area (Å²) in [6.07, 6.45) is 1.83. The van der Waals surface area contributed by atoms with Gasteiger partial charge in [-0.1, -0.05) is 40.2 Å². The minimum absolute atomic E-state index is 0.0350. The van der Waals surface area contributed by atoms with Crippen LogP contribution in [-0.4, -0.2) is 29.8 Å². The van der Waals surface area contributed by atoms with Crippen LogP contribution in [0.15, 0.2) is 53.0 Å². The van der Waals surface area contributed by atoms with E-state index in [1.54, 1.807) is 0 Å². The van der Waals surface area contributed by atoms with Crippen molar-refractivity contribution in [2.45, 2.75) is 26.2 Å². The van der Waals surface area contributed by atoms with Crippen molar-refractivity contribution in [3.8, 4) is 0 Å². The average molecular weight is 415 g/mol. The number of carbonyl (C=O) groups is 2. The lowest BCUT2D eigenvalue weighted by Gasteiger charge is -2.31. The number of nitrogens with zero attached hydrogens (tertiary/aromatic N) is 1. The number of halogens is 1. The van der Waals surface area contributed by atoms with E-state index in [4.69, 9.17) is 0 Å². The maximum absolute atomic E-state index is 12.5. The molecule has 0 atom stereocenters. The molecule has 0 saturated carbocycles. The fourth-order valence-corrected chi connectivity index (χ4v) is 3.51. The van der Waals surface area contributed by atoms with Crippen LogP contribution in [0.1, 0.15) is 24.0 Å². The van der Waals surface area contributed by atoms with Crippen LogP contribution in [0.3, 0.4) is 0 Å². The standard InChI is InChI=1S/C21H23BrN2O2/c1-15-3-2-4-19(13-15)23-21(26)17-9-11-24(12-10-17)20(25)14-16-5-7-18(22)8-6-16/h2-8,13,17H,9-12,14H2,1H3,(H,23,26). The Morgan fingerprint density at radius 1 is 1.12 bits per heavy atom. The molecule has 1 saturated heterocycles. The number of carbonyl (C=O) groups excluding carboxylic acids is 2. The summed E-state index contributed by atoms with van der Waals surface area (Å²) < 4.78 is 1.01. The maximum Gasteiger partial charge on any atom is 0.227 e. The second kappa shape index (κ2) is 8.49. The lowest BCUT2D eigenvalue weighted by Crippen LogP contribution is -2.42. The average Bonchev–Trinajstić information content (AvgIpc) is 2.64. The summed E-state index contributed by atoms with van der Waals surface area (Å²) in [5.41, 5.74) is 2.97. The number of amides is 2. The number of aryl methyl sites for hydroxylation is 1. The molecule has 0 unspecified atom stereocenters. The summed E-state index contributed by atoms with van der Waals surface area (Å²) in [4.78, 5) is 26.8. The van der Waals surface area contributed by atoms with Gasteiger partial charge in [-0.05, 0) is 55.2 Å². The van der Waals surface area contributed by atoms with Crippen LogP contribution in [0, 0.1) is 12.8 Å². The van der Waals surface area contributed by atoms with E-state index in [1.807, 2.05) is 60.4 Å². The zero-order valence-electron chi connectivity index (χ0n) is 14.9. The topological polar surface area (TPSA) is 49.4 Å². The quantitative estimate of drug-likeness (QED) is 0.815. The Balaban J connectivity index is 1.49. The molecule has 26 heavy (non-hydrogen) atoms. The Hall–Kier alpha value is -2.14. The Kier molecular flexibility index (Phi) is 6.09. The molecule has 1 aliphatic heterocycles. The first-order chi connectivity index (χ1) is 12.5. The first-order valence-corrected chi connectivity index (χ1v) is 9.70. The molecule has 0 spiro atoms. The van der Waals surface area contributed by atoms with Gasteiger partial charge in [0.05, 0.1) is 6.42 Å². The van der Waals surface area contributed by atoms with Gasteiger partial charge in [0.1, 0.15) is 0 Å². The lowest BCUT2D eigenvalue weighted by atomic mass is 9.95. The number of hydrogen-bond acceptors (Lipinski definition) is 2. The van der Waals surface area contributed by atoms with E-state index in [2.05, 4.69) is 21.2 Å². The van der Waals surface area contributed by atoms with Crippen LogP contribution >= 0.6 is 15.9 Å². The third-order valence-corrected chi connectivity index (χ3v) is 5.30. The second-order valence-electron chi connectivity index (χ2n) is 6.82. The highest BCUT2D eigenvalue weighted by Gasteiger charge is 2.27. The third-order valence-electron chi connectivity index (χ3n) is 4.77. The predicted octanol–water partition coefficient (Wildman–Crippen LogP) is 4.18. The molecule has 3 rings (SSSR count). The van der Waals surface area contributed by atoms with Crippen LogP contribution in [0.25, 0.3) is 0 Å². The number of benzene rings is 2. The minimum atomic E-state index is -0.0350. The minimum Gasteiger partial charge on any atom is -0.342 e. The van der Waals surface area contributed by atoms with E-state index in [0.717, 1.165) is 21.3 Å². The molecule has 136 valence electrons. The third kappa shape index (κ3) is 4.94. The summed E-state index contributed by atoms with van der Waals surface area (Å²) in [7, 11) is 0. The molecule has 5 heteroatoms. The molecule has 0 aliphatic carbocycles. The molecule has 1 heterocycles. The molecular formula is C21H23BrN2O2. The fraction of sp³-hybridized carbons (Fsp3) is 0.333. The van der Waals surface area contributed by atoms with Crippen molar-refractivity contribution in [2.24, 2.45) is 5.92 Å². The van der Waals surface area contributed by atoms with E-state index in [-0.39, 0.29) is 17.7 Å². The van der Waals surface area contributed by atoms with Crippen molar-refractivity contribution >= 4 is 33.4 Å². The van der Waals surface area contributed by atoms with Gasteiger partial charge in [-0.3, -0.25) is 9.59 Å². The van der Waals surface area contributed by atoms with Gasteiger partial charge in [-0.15, -0.1) is 0 Å². The number of anilines is 1. The number of hydrogen-bond donors (Lipinski definition) is 1. The molecule has 0 radical (unpaired) electrons. The highest BCUT2D eigenvalue weighted by molar-refractivity contribution is 9.10. The van der Waals surface area contributed by atoms with Gasteiger partial charge in [-0.2, -0.15) is 0 Å². The number of likely N-dealkylation sites (tertiary alicyclic amines) is 1. The van der Waals surface area contributed by atoms with Crippen molar-refractivity contribution < 1.29 is 9.59 Å². The van der Waals surface area contributed by atoms with Gasteiger partial charge >= 0.3 is 0 Å². The van der Waals surface area contributed by atoms with Gasteiger partial charge in [0.15, 0.2) is 0 Å². The molecule has 0 bridgehead atoms. The van der Waals surface area contributed by atoms with E-state index >= 15 is 0 Å². The number of nitrogens with one attached hydrogen (secondary N) is 1. The van der Waals surface area contributed by atoms with Gasteiger partial charge in [0.2, 0.25) is 11.8 Å². The zero-order chi connectivity index (χ0) is 18.5. The van der Waals surface area contributed by atoms with Crippen LogP contribution in [-0.2, 0) is 16.0 Å². The molecule has 1 fully saturated rings. The van der Waals surface area contributed by atoms with E-state index < -0.39 is 0 Å². The van der Waals surface area contributed by atoms with Crippen molar-refractivity contribution in [1.82, 2.24) is 4.90 Å². The molecule has 1 N–H and O–H groups in total. The number of rotatable bonds is 4. The van der Waals surface area contributed by atoms with Crippen molar-refractivity contribution in [1.29, 1.82) is 0 Å². The first-order valence-electron chi connectivity index (χ1n) is 8.91. The van der Waals surface area contributed by atoms with Gasteiger partial charge in [0, 0.05) is 29.2 Å². The van der Waals surface area contributed by atoms with Crippen LogP contribution < -0.4 is 5.32 Å². The summed E-state index contributed by atoms with van der Waals surface area (Å²) in [6, 6.07) is 15.6. The highest BCUT2D eigenvalue weighted by Crippen LogP contribution is 2.21. The Bertz CT molecular complexity index is 781. The largest absolute Gasteiger partial charge is 0.342 e. The molecule has 2 aromatic rings. The van der Waals surface area contributed by atoms with Crippen LogP contribution in [0.4, 0.5) is 5.69 Å². The predicted molar refractivity (Wildman–Crippen MR) is 107 cm³/mol. The van der Waals surface area contributed by atoms with Gasteiger partial charge < -0.3 is 10.2 Å². The number of piperidine rings is 1. The van der Waals surface area contributed by atoms with E-state index in [9.17, 15) is 9.59 Å². The van der Waals surface area contributed by atoms with Crippen molar-refractivity contribution in [3.05, 3.63) is 64.1 Å². The highest BCUT2D eigenvalue weighted by atomic mass is 79.9. The lowest BCUT2D eigenvalue weighted by molar-refractivity contribution is -0.133. The summed E-state index contributed by atoms with van der Waals surface area (Å²) in [5.74, 6) is 0.146. The first kappa shape index (κ1) is 18.6. The molecule has 0 aromatic heterocycles. The molecule has 4 nitrogen and oxygen atoms in total. The Morgan fingerprint density at radius 2 is 1.81 bits per heavy atom. The summed E-state index contributed by atoms with van der Waals surface area (Å²) in [5, 5.41) is 2.99. The van der Waals surface area contributed by atoms with E-state index in [1.165, 1.54) is 0 Å². The smallest absolute Gasteiger partial charge is 0.227 e. The summed E-state index contributed by atoms with van der Waals surface area (Å²) in [6.45, 7) is 3.29. The molecule has 2 aromatic carbocycles. The Morgan fingerprint density at radius 3 is 2.46 bits per heavy atom. The van der Waals surface area contributed by atoms with Crippen molar-refractivity contribution in [3.63, 3.8) is 0 Å². The van der Waals surface area contributed by atoms with Crippen LogP contribution in [0.2, 0.25) is 0 Å². The normalized spacial score (nSPS) is 14.9. The monoisotopic (exact) mass is 414 g/mol. The molecule has 1 aliphatic rings. The maximum atomic E-state index is 12.5. The van der Waals surface area contributed by atoms with Crippen molar-refractivity contribution in [2.75, 3.05) is 18.4 Å². The zero-order valence-corrected chi connectivity index (χ0v) is 16.5. The van der Waals surface area contributed by atoms with Crippen LogP contribution in [0.5, 0.6) is 0 Å². The van der Waals surface area contributed by atoms with Gasteiger partial charge in [0.25, 0.3) is 0 Å². The SMILES string of the molecule is Cc1cccc(NC(=O)C2CCN(C(=O)Cc3ccc(Br)cc3)CC2)c1.